The van der Waals surface area contributed by atoms with Crippen LogP contribution < -0.4 is 5.32 Å². The Morgan fingerprint density at radius 2 is 2.11 bits per heavy atom. The second-order valence-electron chi connectivity index (χ2n) is 5.03. The third-order valence-corrected chi connectivity index (χ3v) is 3.87. The Hall–Kier alpha value is -1.03. The quantitative estimate of drug-likeness (QED) is 0.814. The summed E-state index contributed by atoms with van der Waals surface area (Å²) in [6, 6.07) is -0.778. The van der Waals surface area contributed by atoms with Crippen molar-refractivity contribution in [2.45, 2.75) is 52.1 Å². The Morgan fingerprint density at radius 1 is 1.42 bits per heavy atom. The zero-order chi connectivity index (χ0) is 14.4. The van der Waals surface area contributed by atoms with Crippen LogP contribution in [0.3, 0.4) is 0 Å². The topological polar surface area (TPSA) is 49.4 Å². The second kappa shape index (κ2) is 7.53. The van der Waals surface area contributed by atoms with Crippen LogP contribution in [0.25, 0.3) is 0 Å². The highest BCUT2D eigenvalue weighted by atomic mass is 35.5. The SMILES string of the molecule is CCCC1C(=O)NC(C(C)CC)C(=O)N1C/C=C/Cl. The van der Waals surface area contributed by atoms with E-state index in [0.29, 0.717) is 13.0 Å². The zero-order valence-corrected chi connectivity index (χ0v) is 12.6. The summed E-state index contributed by atoms with van der Waals surface area (Å²) in [5.41, 5.74) is 1.39. The molecule has 0 aliphatic carbocycles. The molecule has 108 valence electrons. The molecule has 1 aliphatic rings. The second-order valence-corrected chi connectivity index (χ2v) is 5.28. The highest BCUT2D eigenvalue weighted by Gasteiger charge is 2.41. The molecule has 4 nitrogen and oxygen atoms in total. The van der Waals surface area contributed by atoms with Gasteiger partial charge in [0.1, 0.15) is 12.1 Å². The largest absolute Gasteiger partial charge is 0.342 e. The minimum atomic E-state index is -0.408. The van der Waals surface area contributed by atoms with E-state index in [0.717, 1.165) is 12.8 Å². The first-order chi connectivity index (χ1) is 9.06. The number of hydrogen-bond donors (Lipinski definition) is 1. The predicted octanol–water partition coefficient (Wildman–Crippen LogP) is 2.28. The maximum absolute atomic E-state index is 12.5. The molecule has 0 saturated carbocycles. The molecule has 0 aromatic heterocycles. The summed E-state index contributed by atoms with van der Waals surface area (Å²) in [5.74, 6) is 0.0957. The summed E-state index contributed by atoms with van der Waals surface area (Å²) in [4.78, 5) is 26.3. The number of amides is 2. The lowest BCUT2D eigenvalue weighted by Crippen LogP contribution is -2.64. The molecule has 0 aromatic carbocycles. The summed E-state index contributed by atoms with van der Waals surface area (Å²) < 4.78 is 0. The molecule has 3 unspecified atom stereocenters. The van der Waals surface area contributed by atoms with Gasteiger partial charge in [0.2, 0.25) is 11.8 Å². The number of carbonyl (C=O) groups excluding carboxylic acids is 2. The summed E-state index contributed by atoms with van der Waals surface area (Å²) in [6.45, 7) is 6.41. The van der Waals surface area contributed by atoms with Crippen molar-refractivity contribution >= 4 is 23.4 Å². The van der Waals surface area contributed by atoms with Crippen LogP contribution in [-0.4, -0.2) is 35.3 Å². The van der Waals surface area contributed by atoms with Crippen LogP contribution in [0, 0.1) is 5.92 Å². The smallest absolute Gasteiger partial charge is 0.246 e. The Kier molecular flexibility index (Phi) is 6.35. The zero-order valence-electron chi connectivity index (χ0n) is 11.9. The first-order valence-corrected chi connectivity index (χ1v) is 7.36. The van der Waals surface area contributed by atoms with Crippen LogP contribution in [0.5, 0.6) is 0 Å². The van der Waals surface area contributed by atoms with Gasteiger partial charge < -0.3 is 10.2 Å². The van der Waals surface area contributed by atoms with Crippen LogP contribution in [0.1, 0.15) is 40.0 Å². The third-order valence-electron chi connectivity index (χ3n) is 3.69. The van der Waals surface area contributed by atoms with Crippen molar-refractivity contribution in [3.63, 3.8) is 0 Å². The van der Waals surface area contributed by atoms with Crippen LogP contribution in [-0.2, 0) is 9.59 Å². The number of nitrogens with zero attached hydrogens (tertiary/aromatic N) is 1. The molecule has 0 radical (unpaired) electrons. The van der Waals surface area contributed by atoms with Gasteiger partial charge in [-0.3, -0.25) is 9.59 Å². The van der Waals surface area contributed by atoms with Crippen molar-refractivity contribution < 1.29 is 9.59 Å². The van der Waals surface area contributed by atoms with Crippen molar-refractivity contribution in [1.29, 1.82) is 0 Å². The molecule has 1 rings (SSSR count). The Balaban J connectivity index is 2.93. The van der Waals surface area contributed by atoms with E-state index in [1.165, 1.54) is 5.54 Å². The lowest BCUT2D eigenvalue weighted by Gasteiger charge is -2.40. The van der Waals surface area contributed by atoms with E-state index in [9.17, 15) is 9.59 Å². The standard InChI is InChI=1S/C14H23ClN2O2/c1-4-7-11-13(18)16-12(10(3)5-2)14(19)17(11)9-6-8-15/h6,8,10-12H,4-5,7,9H2,1-3H3,(H,16,18)/b8-6+. The van der Waals surface area contributed by atoms with Gasteiger partial charge in [-0.2, -0.15) is 0 Å². The van der Waals surface area contributed by atoms with Crippen LogP contribution in [0.15, 0.2) is 11.6 Å². The number of carbonyl (C=O) groups is 2. The molecule has 5 heteroatoms. The Morgan fingerprint density at radius 3 is 2.63 bits per heavy atom. The van der Waals surface area contributed by atoms with E-state index < -0.39 is 6.04 Å². The predicted molar refractivity (Wildman–Crippen MR) is 76.8 cm³/mol. The number of rotatable bonds is 6. The monoisotopic (exact) mass is 286 g/mol. The third kappa shape index (κ3) is 3.72. The molecule has 1 heterocycles. The molecular weight excluding hydrogens is 264 g/mol. The average molecular weight is 287 g/mol. The van der Waals surface area contributed by atoms with E-state index in [2.05, 4.69) is 5.32 Å². The molecule has 3 atom stereocenters. The molecule has 2 amide bonds. The van der Waals surface area contributed by atoms with Crippen LogP contribution >= 0.6 is 11.6 Å². The molecule has 19 heavy (non-hydrogen) atoms. The highest BCUT2D eigenvalue weighted by molar-refractivity contribution is 6.25. The van der Waals surface area contributed by atoms with Gasteiger partial charge in [-0.15, -0.1) is 0 Å². The molecule has 0 bridgehead atoms. The van der Waals surface area contributed by atoms with Crippen LogP contribution in [0.2, 0.25) is 0 Å². The van der Waals surface area contributed by atoms with E-state index in [4.69, 9.17) is 11.6 Å². The fraction of sp³-hybridized carbons (Fsp3) is 0.714. The van der Waals surface area contributed by atoms with Crippen molar-refractivity contribution in [3.05, 3.63) is 11.6 Å². The van der Waals surface area contributed by atoms with E-state index in [1.54, 1.807) is 11.0 Å². The molecule has 0 aromatic rings. The minimum Gasteiger partial charge on any atom is -0.342 e. The van der Waals surface area contributed by atoms with E-state index >= 15 is 0 Å². The van der Waals surface area contributed by atoms with Crippen LogP contribution in [0.4, 0.5) is 0 Å². The Bertz CT molecular complexity index is 357. The highest BCUT2D eigenvalue weighted by Crippen LogP contribution is 2.20. The first kappa shape index (κ1) is 16.0. The lowest BCUT2D eigenvalue weighted by atomic mass is 9.93. The maximum Gasteiger partial charge on any atom is 0.246 e. The van der Waals surface area contributed by atoms with Gasteiger partial charge in [0.15, 0.2) is 0 Å². The number of hydrogen-bond acceptors (Lipinski definition) is 2. The first-order valence-electron chi connectivity index (χ1n) is 6.92. The van der Waals surface area contributed by atoms with Gasteiger partial charge in [-0.1, -0.05) is 51.3 Å². The summed E-state index contributed by atoms with van der Waals surface area (Å²) in [6.07, 6.45) is 4.10. The van der Waals surface area contributed by atoms with Crippen molar-refractivity contribution in [3.8, 4) is 0 Å². The summed E-state index contributed by atoms with van der Waals surface area (Å²) in [5, 5.41) is 2.87. The fourth-order valence-corrected chi connectivity index (χ4v) is 2.42. The normalized spacial score (nSPS) is 25.8. The van der Waals surface area contributed by atoms with Gasteiger partial charge in [0.25, 0.3) is 0 Å². The summed E-state index contributed by atoms with van der Waals surface area (Å²) >= 11 is 5.54. The van der Waals surface area contributed by atoms with Crippen molar-refractivity contribution in [2.24, 2.45) is 5.92 Å². The minimum absolute atomic E-state index is 0.00201. The molecule has 1 aliphatic heterocycles. The van der Waals surface area contributed by atoms with Crippen molar-refractivity contribution in [2.75, 3.05) is 6.54 Å². The number of piperazine rings is 1. The Labute approximate surface area is 120 Å². The number of nitrogens with one attached hydrogen (secondary N) is 1. The van der Waals surface area contributed by atoms with Gasteiger partial charge >= 0.3 is 0 Å². The molecule has 1 N–H and O–H groups in total. The lowest BCUT2D eigenvalue weighted by molar-refractivity contribution is -0.150. The molecule has 0 spiro atoms. The number of halogens is 1. The average Bonchev–Trinajstić information content (AvgIpc) is 2.41. The fourth-order valence-electron chi connectivity index (χ4n) is 2.34. The maximum atomic E-state index is 12.5. The summed E-state index contributed by atoms with van der Waals surface area (Å²) in [7, 11) is 0. The molecule has 1 saturated heterocycles. The van der Waals surface area contributed by atoms with Gasteiger partial charge in [-0.05, 0) is 12.3 Å². The van der Waals surface area contributed by atoms with Gasteiger partial charge in [0, 0.05) is 12.1 Å². The molecular formula is C14H23ClN2O2. The van der Waals surface area contributed by atoms with Crippen molar-refractivity contribution in [1.82, 2.24) is 10.2 Å². The van der Waals surface area contributed by atoms with E-state index in [-0.39, 0.29) is 23.8 Å². The molecule has 1 fully saturated rings. The van der Waals surface area contributed by atoms with E-state index in [1.807, 2.05) is 20.8 Å². The van der Waals surface area contributed by atoms with Gasteiger partial charge in [0.05, 0.1) is 0 Å². The van der Waals surface area contributed by atoms with Gasteiger partial charge in [-0.25, -0.2) is 0 Å².